The van der Waals surface area contributed by atoms with E-state index in [-0.39, 0.29) is 0 Å². The van der Waals surface area contributed by atoms with Crippen LogP contribution in [0.4, 0.5) is 0 Å². The molecule has 1 heterocycles. The van der Waals surface area contributed by atoms with Crippen LogP contribution in [0.2, 0.25) is 0 Å². The van der Waals surface area contributed by atoms with Crippen molar-refractivity contribution in [1.82, 2.24) is 25.5 Å². The predicted octanol–water partition coefficient (Wildman–Crippen LogP) is 2.11. The van der Waals surface area contributed by atoms with Gasteiger partial charge in [-0.15, -0.1) is 5.10 Å². The van der Waals surface area contributed by atoms with Crippen molar-refractivity contribution in [2.75, 3.05) is 6.54 Å². The third-order valence-corrected chi connectivity index (χ3v) is 3.63. The Balaban J connectivity index is 1.89. The molecular formula is C13H19N5S. The molecule has 0 fully saturated rings. The molecular weight excluding hydrogens is 258 g/mol. The highest BCUT2D eigenvalue weighted by Gasteiger charge is 2.04. The Labute approximate surface area is 117 Å². The van der Waals surface area contributed by atoms with Crippen LogP contribution < -0.4 is 5.32 Å². The molecule has 2 rings (SSSR count). The third-order valence-electron chi connectivity index (χ3n) is 2.60. The van der Waals surface area contributed by atoms with E-state index in [2.05, 4.69) is 59.0 Å². The van der Waals surface area contributed by atoms with Gasteiger partial charge in [-0.1, -0.05) is 26.0 Å². The molecule has 5 nitrogen and oxygen atoms in total. The van der Waals surface area contributed by atoms with Gasteiger partial charge < -0.3 is 5.32 Å². The van der Waals surface area contributed by atoms with Gasteiger partial charge >= 0.3 is 0 Å². The van der Waals surface area contributed by atoms with Crippen LogP contribution in [-0.4, -0.2) is 26.8 Å². The van der Waals surface area contributed by atoms with E-state index in [1.54, 1.807) is 16.4 Å². The lowest BCUT2D eigenvalue weighted by molar-refractivity contribution is 0.552. The summed E-state index contributed by atoms with van der Waals surface area (Å²) in [5.74, 6) is 0.679. The van der Waals surface area contributed by atoms with Gasteiger partial charge in [0.05, 0.1) is 0 Å². The second-order valence-electron chi connectivity index (χ2n) is 4.86. The summed E-state index contributed by atoms with van der Waals surface area (Å²) < 4.78 is 1.67. The van der Waals surface area contributed by atoms with Crippen molar-refractivity contribution in [3.8, 4) is 0 Å². The Kier molecular flexibility index (Phi) is 4.93. The number of hydrogen-bond donors (Lipinski definition) is 1. The second-order valence-corrected chi connectivity index (χ2v) is 5.90. The van der Waals surface area contributed by atoms with E-state index in [4.69, 9.17) is 0 Å². The van der Waals surface area contributed by atoms with Crippen molar-refractivity contribution in [2.45, 2.75) is 30.4 Å². The quantitative estimate of drug-likeness (QED) is 0.876. The van der Waals surface area contributed by atoms with E-state index >= 15 is 0 Å². The summed E-state index contributed by atoms with van der Waals surface area (Å²) in [6, 6.07) is 8.48. The molecule has 1 N–H and O–H groups in total. The van der Waals surface area contributed by atoms with Gasteiger partial charge in [-0.2, -0.15) is 0 Å². The van der Waals surface area contributed by atoms with Crippen molar-refractivity contribution in [1.29, 1.82) is 0 Å². The second kappa shape index (κ2) is 6.68. The minimum Gasteiger partial charge on any atom is -0.312 e. The molecule has 0 saturated heterocycles. The molecule has 1 aromatic carbocycles. The van der Waals surface area contributed by atoms with Crippen molar-refractivity contribution in [3.05, 3.63) is 29.8 Å². The molecule has 0 bridgehead atoms. The molecule has 0 radical (unpaired) electrons. The van der Waals surface area contributed by atoms with Crippen LogP contribution in [0.1, 0.15) is 19.4 Å². The first-order valence-electron chi connectivity index (χ1n) is 6.35. The Morgan fingerprint density at radius 2 is 2.00 bits per heavy atom. The topological polar surface area (TPSA) is 55.6 Å². The fraction of sp³-hybridized carbons (Fsp3) is 0.462. The predicted molar refractivity (Wildman–Crippen MR) is 75.9 cm³/mol. The molecule has 1 aromatic heterocycles. The maximum Gasteiger partial charge on any atom is 0.213 e. The maximum absolute atomic E-state index is 3.95. The van der Waals surface area contributed by atoms with E-state index in [1.165, 1.54) is 5.56 Å². The molecule has 0 saturated carbocycles. The standard InChI is InChI=1S/C13H19N5S/c1-10(2)8-14-9-11-4-6-12(7-5-11)19-13-15-16-17-18(13)3/h4-7,10,14H,8-9H2,1-3H3. The van der Waals surface area contributed by atoms with Gasteiger partial charge in [0.1, 0.15) is 0 Å². The first kappa shape index (κ1) is 14.0. The van der Waals surface area contributed by atoms with Gasteiger partial charge in [0.15, 0.2) is 0 Å². The van der Waals surface area contributed by atoms with E-state index in [0.717, 1.165) is 23.1 Å². The van der Waals surface area contributed by atoms with Crippen LogP contribution >= 0.6 is 11.8 Å². The molecule has 19 heavy (non-hydrogen) atoms. The zero-order valence-corrected chi connectivity index (χ0v) is 12.3. The Morgan fingerprint density at radius 3 is 2.58 bits per heavy atom. The molecule has 2 aromatic rings. The van der Waals surface area contributed by atoms with Gasteiger partial charge in [-0.25, -0.2) is 4.68 Å². The molecule has 0 amide bonds. The lowest BCUT2D eigenvalue weighted by Crippen LogP contribution is -2.18. The molecule has 0 unspecified atom stereocenters. The lowest BCUT2D eigenvalue weighted by atomic mass is 10.2. The monoisotopic (exact) mass is 277 g/mol. The van der Waals surface area contributed by atoms with Gasteiger partial charge in [0, 0.05) is 18.5 Å². The normalized spacial score (nSPS) is 11.2. The lowest BCUT2D eigenvalue weighted by Gasteiger charge is -2.07. The number of nitrogens with one attached hydrogen (secondary N) is 1. The van der Waals surface area contributed by atoms with Crippen molar-refractivity contribution in [2.24, 2.45) is 13.0 Å². The number of benzene rings is 1. The van der Waals surface area contributed by atoms with E-state index < -0.39 is 0 Å². The van der Waals surface area contributed by atoms with Crippen LogP contribution in [0.15, 0.2) is 34.3 Å². The largest absolute Gasteiger partial charge is 0.312 e. The van der Waals surface area contributed by atoms with Crippen LogP contribution in [0, 0.1) is 5.92 Å². The highest BCUT2D eigenvalue weighted by Crippen LogP contribution is 2.24. The molecule has 102 valence electrons. The maximum atomic E-state index is 3.95. The fourth-order valence-corrected chi connectivity index (χ4v) is 2.32. The minimum atomic E-state index is 0.679. The smallest absolute Gasteiger partial charge is 0.213 e. The number of aromatic nitrogens is 4. The Morgan fingerprint density at radius 1 is 1.26 bits per heavy atom. The molecule has 0 aliphatic rings. The average Bonchev–Trinajstić information content (AvgIpc) is 2.77. The number of tetrazole rings is 1. The van der Waals surface area contributed by atoms with Crippen LogP contribution in [0.3, 0.4) is 0 Å². The third kappa shape index (κ3) is 4.33. The van der Waals surface area contributed by atoms with Crippen molar-refractivity contribution in [3.63, 3.8) is 0 Å². The summed E-state index contributed by atoms with van der Waals surface area (Å²) in [6.45, 7) is 6.37. The molecule has 0 aliphatic heterocycles. The van der Waals surface area contributed by atoms with Gasteiger partial charge in [0.25, 0.3) is 0 Å². The molecule has 6 heteroatoms. The van der Waals surface area contributed by atoms with E-state index in [9.17, 15) is 0 Å². The summed E-state index contributed by atoms with van der Waals surface area (Å²) in [7, 11) is 1.84. The zero-order chi connectivity index (χ0) is 13.7. The van der Waals surface area contributed by atoms with Gasteiger partial charge in [-0.05, 0) is 52.3 Å². The van der Waals surface area contributed by atoms with Crippen molar-refractivity contribution < 1.29 is 0 Å². The highest BCUT2D eigenvalue weighted by atomic mass is 32.2. The number of hydrogen-bond acceptors (Lipinski definition) is 5. The number of aryl methyl sites for hydroxylation is 1. The van der Waals surface area contributed by atoms with Crippen LogP contribution in [0.25, 0.3) is 0 Å². The first-order valence-corrected chi connectivity index (χ1v) is 7.16. The van der Waals surface area contributed by atoms with Gasteiger partial charge in [-0.3, -0.25) is 0 Å². The summed E-state index contributed by atoms with van der Waals surface area (Å²) in [5, 5.41) is 15.6. The fourth-order valence-electron chi connectivity index (χ4n) is 1.59. The van der Waals surface area contributed by atoms with Crippen LogP contribution in [0.5, 0.6) is 0 Å². The summed E-state index contributed by atoms with van der Waals surface area (Å²) in [6.07, 6.45) is 0. The summed E-state index contributed by atoms with van der Waals surface area (Å²) in [5.41, 5.74) is 1.29. The highest BCUT2D eigenvalue weighted by molar-refractivity contribution is 7.99. The number of rotatable bonds is 6. The summed E-state index contributed by atoms with van der Waals surface area (Å²) >= 11 is 1.56. The number of nitrogens with zero attached hydrogens (tertiary/aromatic N) is 4. The average molecular weight is 277 g/mol. The molecule has 0 aliphatic carbocycles. The van der Waals surface area contributed by atoms with Crippen molar-refractivity contribution >= 4 is 11.8 Å². The minimum absolute atomic E-state index is 0.679. The molecule has 0 spiro atoms. The SMILES string of the molecule is CC(C)CNCc1ccc(Sc2nnnn2C)cc1. The van der Waals surface area contributed by atoms with Crippen LogP contribution in [-0.2, 0) is 13.6 Å². The molecule has 0 atom stereocenters. The summed E-state index contributed by atoms with van der Waals surface area (Å²) in [4.78, 5) is 1.14. The van der Waals surface area contributed by atoms with Gasteiger partial charge in [0.2, 0.25) is 5.16 Å². The Bertz CT molecular complexity index is 506. The van der Waals surface area contributed by atoms with E-state index in [1.807, 2.05) is 7.05 Å². The Hall–Kier alpha value is -1.40. The zero-order valence-electron chi connectivity index (χ0n) is 11.5. The first-order chi connectivity index (χ1) is 9.15. The van der Waals surface area contributed by atoms with E-state index in [0.29, 0.717) is 5.92 Å².